The number of anilines is 2. The van der Waals surface area contributed by atoms with Gasteiger partial charge in [-0.1, -0.05) is 13.3 Å². The Hall–Kier alpha value is -1.32. The third kappa shape index (κ3) is 3.73. The van der Waals surface area contributed by atoms with Crippen LogP contribution in [0.2, 0.25) is 0 Å². The Kier molecular flexibility index (Phi) is 4.34. The van der Waals surface area contributed by atoms with Gasteiger partial charge in [0.2, 0.25) is 0 Å². The zero-order valence-electron chi connectivity index (χ0n) is 10.0. The molecule has 4 heteroatoms. The lowest BCUT2D eigenvalue weighted by molar-refractivity contribution is 0.828. The molecule has 1 aromatic heterocycles. The highest BCUT2D eigenvalue weighted by Gasteiger charge is 2.02. The van der Waals surface area contributed by atoms with Gasteiger partial charge in [0.15, 0.2) is 0 Å². The van der Waals surface area contributed by atoms with E-state index < -0.39 is 0 Å². The van der Waals surface area contributed by atoms with Crippen LogP contribution in [0.1, 0.15) is 25.6 Å². The summed E-state index contributed by atoms with van der Waals surface area (Å²) in [5.74, 6) is 2.67. The Morgan fingerprint density at radius 3 is 2.67 bits per heavy atom. The third-order valence-electron chi connectivity index (χ3n) is 2.12. The molecule has 0 radical (unpaired) electrons. The molecule has 0 aliphatic heterocycles. The lowest BCUT2D eigenvalue weighted by Gasteiger charge is -2.13. The molecule has 0 bridgehead atoms. The minimum absolute atomic E-state index is 0.806. The molecule has 0 aliphatic rings. The molecule has 0 unspecified atom stereocenters. The minimum atomic E-state index is 0.806. The minimum Gasteiger partial charge on any atom is -0.370 e. The van der Waals surface area contributed by atoms with Gasteiger partial charge < -0.3 is 10.2 Å². The van der Waals surface area contributed by atoms with Crippen LogP contribution in [0.15, 0.2) is 6.07 Å². The van der Waals surface area contributed by atoms with Crippen LogP contribution in [0.5, 0.6) is 0 Å². The molecule has 1 heterocycles. The van der Waals surface area contributed by atoms with Crippen LogP contribution in [0.3, 0.4) is 0 Å². The van der Waals surface area contributed by atoms with E-state index in [0.717, 1.165) is 24.0 Å². The zero-order valence-corrected chi connectivity index (χ0v) is 10.0. The molecule has 1 rings (SSSR count). The predicted molar refractivity (Wildman–Crippen MR) is 64.5 cm³/mol. The summed E-state index contributed by atoms with van der Waals surface area (Å²) in [6.07, 6.45) is 2.36. The Balaban J connectivity index is 2.71. The summed E-state index contributed by atoms with van der Waals surface area (Å²) in [6.45, 7) is 5.07. The maximum atomic E-state index is 4.34. The van der Waals surface area contributed by atoms with Gasteiger partial charge in [0.25, 0.3) is 0 Å². The SMILES string of the molecule is CCCCNc1cc(N(C)C)nc(C)n1. The Morgan fingerprint density at radius 1 is 1.33 bits per heavy atom. The molecule has 0 fully saturated rings. The fraction of sp³-hybridized carbons (Fsp3) is 0.636. The largest absolute Gasteiger partial charge is 0.370 e. The topological polar surface area (TPSA) is 41.0 Å². The molecule has 0 aliphatic carbocycles. The van der Waals surface area contributed by atoms with Crippen molar-refractivity contribution in [3.63, 3.8) is 0 Å². The van der Waals surface area contributed by atoms with Crippen LogP contribution in [0.25, 0.3) is 0 Å². The summed E-state index contributed by atoms with van der Waals surface area (Å²) >= 11 is 0. The highest BCUT2D eigenvalue weighted by molar-refractivity contribution is 5.48. The predicted octanol–water partition coefficient (Wildman–Crippen LogP) is 2.06. The Bertz CT molecular complexity index is 309. The standard InChI is InChI=1S/C11H20N4/c1-5-6-7-12-10-8-11(15(3)4)14-9(2)13-10/h8H,5-7H2,1-4H3,(H,12,13,14). The van der Waals surface area contributed by atoms with E-state index in [4.69, 9.17) is 0 Å². The van der Waals surface area contributed by atoms with E-state index in [0.29, 0.717) is 0 Å². The van der Waals surface area contributed by atoms with Gasteiger partial charge in [-0.15, -0.1) is 0 Å². The number of hydrogen-bond donors (Lipinski definition) is 1. The monoisotopic (exact) mass is 208 g/mol. The molecule has 0 saturated carbocycles. The van der Waals surface area contributed by atoms with Crippen molar-refractivity contribution < 1.29 is 0 Å². The second kappa shape index (κ2) is 5.53. The number of rotatable bonds is 5. The fourth-order valence-electron chi connectivity index (χ4n) is 1.26. The van der Waals surface area contributed by atoms with E-state index >= 15 is 0 Å². The average molecular weight is 208 g/mol. The fourth-order valence-corrected chi connectivity index (χ4v) is 1.26. The normalized spacial score (nSPS) is 10.1. The van der Waals surface area contributed by atoms with Crippen molar-refractivity contribution in [1.82, 2.24) is 9.97 Å². The van der Waals surface area contributed by atoms with Crippen LogP contribution in [0.4, 0.5) is 11.6 Å². The molecule has 84 valence electrons. The van der Waals surface area contributed by atoms with Gasteiger partial charge in [0.1, 0.15) is 17.5 Å². The first-order valence-corrected chi connectivity index (χ1v) is 5.40. The van der Waals surface area contributed by atoms with Crippen LogP contribution < -0.4 is 10.2 Å². The number of aryl methyl sites for hydroxylation is 1. The van der Waals surface area contributed by atoms with Crippen LogP contribution in [0, 0.1) is 6.92 Å². The van der Waals surface area contributed by atoms with Crippen molar-refractivity contribution in [2.75, 3.05) is 30.9 Å². The molecule has 15 heavy (non-hydrogen) atoms. The van der Waals surface area contributed by atoms with Gasteiger partial charge in [-0.05, 0) is 13.3 Å². The van der Waals surface area contributed by atoms with Crippen molar-refractivity contribution in [3.05, 3.63) is 11.9 Å². The summed E-state index contributed by atoms with van der Waals surface area (Å²) in [7, 11) is 3.97. The van der Waals surface area contributed by atoms with Crippen molar-refractivity contribution in [3.8, 4) is 0 Å². The lowest BCUT2D eigenvalue weighted by atomic mass is 10.3. The third-order valence-corrected chi connectivity index (χ3v) is 2.12. The Morgan fingerprint density at radius 2 is 2.07 bits per heavy atom. The number of hydrogen-bond acceptors (Lipinski definition) is 4. The molecular formula is C11H20N4. The van der Waals surface area contributed by atoms with E-state index in [9.17, 15) is 0 Å². The van der Waals surface area contributed by atoms with E-state index in [1.807, 2.05) is 32.0 Å². The van der Waals surface area contributed by atoms with Crippen molar-refractivity contribution in [2.45, 2.75) is 26.7 Å². The van der Waals surface area contributed by atoms with Crippen molar-refractivity contribution >= 4 is 11.6 Å². The molecule has 0 aromatic carbocycles. The highest BCUT2D eigenvalue weighted by Crippen LogP contribution is 2.13. The molecule has 0 saturated heterocycles. The Labute approximate surface area is 91.7 Å². The summed E-state index contributed by atoms with van der Waals surface area (Å²) in [4.78, 5) is 10.7. The second-order valence-electron chi connectivity index (χ2n) is 3.83. The van der Waals surface area contributed by atoms with E-state index in [2.05, 4.69) is 22.2 Å². The van der Waals surface area contributed by atoms with Gasteiger partial charge in [-0.2, -0.15) is 0 Å². The molecule has 4 nitrogen and oxygen atoms in total. The van der Waals surface area contributed by atoms with Gasteiger partial charge in [0.05, 0.1) is 0 Å². The first kappa shape index (κ1) is 11.8. The quantitative estimate of drug-likeness (QED) is 0.752. The number of nitrogens with one attached hydrogen (secondary N) is 1. The first-order chi connectivity index (χ1) is 7.13. The maximum Gasteiger partial charge on any atom is 0.133 e. The van der Waals surface area contributed by atoms with Crippen LogP contribution in [-0.4, -0.2) is 30.6 Å². The molecule has 0 amide bonds. The van der Waals surface area contributed by atoms with Crippen molar-refractivity contribution in [1.29, 1.82) is 0 Å². The summed E-state index contributed by atoms with van der Waals surface area (Å²) in [5.41, 5.74) is 0. The lowest BCUT2D eigenvalue weighted by Crippen LogP contribution is -2.13. The average Bonchev–Trinajstić information content (AvgIpc) is 2.17. The summed E-state index contributed by atoms with van der Waals surface area (Å²) in [5, 5.41) is 3.30. The molecule has 1 N–H and O–H groups in total. The first-order valence-electron chi connectivity index (χ1n) is 5.40. The zero-order chi connectivity index (χ0) is 11.3. The van der Waals surface area contributed by atoms with Crippen molar-refractivity contribution in [2.24, 2.45) is 0 Å². The number of aromatic nitrogens is 2. The maximum absolute atomic E-state index is 4.34. The summed E-state index contributed by atoms with van der Waals surface area (Å²) in [6, 6.07) is 1.97. The van der Waals surface area contributed by atoms with Gasteiger partial charge in [-0.25, -0.2) is 9.97 Å². The van der Waals surface area contributed by atoms with Crippen LogP contribution >= 0.6 is 0 Å². The molecule has 1 aromatic rings. The molecule has 0 atom stereocenters. The van der Waals surface area contributed by atoms with Gasteiger partial charge >= 0.3 is 0 Å². The number of nitrogens with zero attached hydrogens (tertiary/aromatic N) is 3. The highest BCUT2D eigenvalue weighted by atomic mass is 15.2. The molecule has 0 spiro atoms. The van der Waals surface area contributed by atoms with E-state index in [1.54, 1.807) is 0 Å². The molecular weight excluding hydrogens is 188 g/mol. The van der Waals surface area contributed by atoms with Crippen LogP contribution in [-0.2, 0) is 0 Å². The second-order valence-corrected chi connectivity index (χ2v) is 3.83. The van der Waals surface area contributed by atoms with Gasteiger partial charge in [-0.3, -0.25) is 0 Å². The number of unbranched alkanes of at least 4 members (excludes halogenated alkanes) is 1. The van der Waals surface area contributed by atoms with Gasteiger partial charge in [0, 0.05) is 26.7 Å². The summed E-state index contributed by atoms with van der Waals surface area (Å²) < 4.78 is 0. The van der Waals surface area contributed by atoms with E-state index in [1.165, 1.54) is 12.8 Å². The smallest absolute Gasteiger partial charge is 0.133 e. The van der Waals surface area contributed by atoms with E-state index in [-0.39, 0.29) is 0 Å².